The van der Waals surface area contributed by atoms with E-state index in [2.05, 4.69) is 5.32 Å². The van der Waals surface area contributed by atoms with Gasteiger partial charge in [0.15, 0.2) is 0 Å². The van der Waals surface area contributed by atoms with Crippen molar-refractivity contribution in [2.45, 2.75) is 56.8 Å². The number of piperidine rings is 1. The van der Waals surface area contributed by atoms with Crippen molar-refractivity contribution in [2.24, 2.45) is 5.73 Å². The monoisotopic (exact) mass is 406 g/mol. The molecule has 1 aromatic carbocycles. The summed E-state index contributed by atoms with van der Waals surface area (Å²) in [6, 6.07) is 3.58. The van der Waals surface area contributed by atoms with Gasteiger partial charge in [-0.25, -0.2) is 8.78 Å². The molecule has 3 heterocycles. The van der Waals surface area contributed by atoms with Crippen LogP contribution in [-0.4, -0.2) is 58.6 Å². The van der Waals surface area contributed by atoms with E-state index in [-0.39, 0.29) is 44.2 Å². The molecule has 29 heavy (non-hydrogen) atoms. The van der Waals surface area contributed by atoms with Gasteiger partial charge in [0.2, 0.25) is 11.8 Å². The number of nitrogens with two attached hydrogens (primary N) is 1. The Kier molecular flexibility index (Phi) is 5.12. The molecule has 7 nitrogen and oxygen atoms in total. The largest absolute Gasteiger partial charge is 0.323 e. The minimum absolute atomic E-state index is 0.200. The highest BCUT2D eigenvalue weighted by Crippen LogP contribution is 2.32. The SMILES string of the molecule is NC1CCN(Cc2cccc3c2CN(C2CCC(=O)NC2=O)C3=O)CCC1(F)F. The first-order valence-corrected chi connectivity index (χ1v) is 9.87. The normalized spacial score (nSPS) is 27.6. The van der Waals surface area contributed by atoms with Crippen molar-refractivity contribution < 1.29 is 23.2 Å². The zero-order chi connectivity index (χ0) is 20.8. The summed E-state index contributed by atoms with van der Waals surface area (Å²) in [5.74, 6) is -3.88. The second-order valence-electron chi connectivity index (χ2n) is 8.03. The molecular formula is C20H24F2N4O3. The van der Waals surface area contributed by atoms with Gasteiger partial charge in [0, 0.05) is 44.6 Å². The van der Waals surface area contributed by atoms with Crippen LogP contribution in [0.15, 0.2) is 18.2 Å². The number of alkyl halides is 2. The van der Waals surface area contributed by atoms with Crippen LogP contribution >= 0.6 is 0 Å². The molecule has 0 aromatic heterocycles. The van der Waals surface area contributed by atoms with Crippen LogP contribution in [0.1, 0.15) is 47.2 Å². The van der Waals surface area contributed by atoms with Crippen molar-refractivity contribution in [3.8, 4) is 0 Å². The van der Waals surface area contributed by atoms with E-state index in [9.17, 15) is 23.2 Å². The standard InChI is InChI=1S/C20H24F2N4O3/c21-20(22)7-9-25(8-6-16(20)23)10-12-2-1-3-13-14(12)11-26(19(13)29)15-4-5-17(27)24-18(15)28/h1-3,15-16H,4-11,23H2,(H,24,27,28). The predicted molar refractivity (Wildman–Crippen MR) is 99.9 cm³/mol. The number of nitrogens with zero attached hydrogens (tertiary/aromatic N) is 2. The van der Waals surface area contributed by atoms with Crippen LogP contribution in [0.25, 0.3) is 0 Å². The fourth-order valence-corrected chi connectivity index (χ4v) is 4.33. The molecule has 156 valence electrons. The Morgan fingerprint density at radius 2 is 1.97 bits per heavy atom. The van der Waals surface area contributed by atoms with E-state index >= 15 is 0 Å². The Labute approximate surface area is 167 Å². The summed E-state index contributed by atoms with van der Waals surface area (Å²) in [7, 11) is 0. The number of benzene rings is 1. The summed E-state index contributed by atoms with van der Waals surface area (Å²) in [5.41, 5.74) is 7.86. The highest BCUT2D eigenvalue weighted by molar-refractivity contribution is 6.05. The van der Waals surface area contributed by atoms with E-state index in [1.807, 2.05) is 11.0 Å². The number of carbonyl (C=O) groups is 3. The second kappa shape index (κ2) is 7.46. The molecule has 2 fully saturated rings. The van der Waals surface area contributed by atoms with Crippen LogP contribution in [0.4, 0.5) is 8.78 Å². The molecule has 9 heteroatoms. The molecule has 0 spiro atoms. The lowest BCUT2D eigenvalue weighted by molar-refractivity contribution is -0.136. The number of fused-ring (bicyclic) bond motifs is 1. The molecule has 2 unspecified atom stereocenters. The van der Waals surface area contributed by atoms with Crippen molar-refractivity contribution >= 4 is 17.7 Å². The van der Waals surface area contributed by atoms with Crippen LogP contribution in [0.3, 0.4) is 0 Å². The second-order valence-corrected chi connectivity index (χ2v) is 8.03. The van der Waals surface area contributed by atoms with Gasteiger partial charge in [-0.05, 0) is 30.0 Å². The van der Waals surface area contributed by atoms with Gasteiger partial charge in [-0.1, -0.05) is 12.1 Å². The van der Waals surface area contributed by atoms with Crippen molar-refractivity contribution in [3.63, 3.8) is 0 Å². The summed E-state index contributed by atoms with van der Waals surface area (Å²) in [6.45, 7) is 1.42. The average molecular weight is 406 g/mol. The first-order valence-electron chi connectivity index (χ1n) is 9.87. The predicted octanol–water partition coefficient (Wildman–Crippen LogP) is 1.01. The molecule has 3 N–H and O–H groups in total. The lowest BCUT2D eigenvalue weighted by Gasteiger charge is -2.29. The average Bonchev–Trinajstić information content (AvgIpc) is 2.94. The van der Waals surface area contributed by atoms with Gasteiger partial charge in [0.05, 0.1) is 6.04 Å². The van der Waals surface area contributed by atoms with Gasteiger partial charge < -0.3 is 10.6 Å². The number of nitrogens with one attached hydrogen (secondary N) is 1. The maximum absolute atomic E-state index is 13.9. The third-order valence-corrected chi connectivity index (χ3v) is 6.13. The Balaban J connectivity index is 1.51. The van der Waals surface area contributed by atoms with Crippen LogP contribution in [-0.2, 0) is 22.7 Å². The fourth-order valence-electron chi connectivity index (χ4n) is 4.33. The van der Waals surface area contributed by atoms with E-state index < -0.39 is 23.9 Å². The molecule has 3 amide bonds. The highest BCUT2D eigenvalue weighted by Gasteiger charge is 2.41. The van der Waals surface area contributed by atoms with Crippen molar-refractivity contribution in [1.29, 1.82) is 0 Å². The first-order chi connectivity index (χ1) is 13.8. The summed E-state index contributed by atoms with van der Waals surface area (Å²) < 4.78 is 27.8. The molecule has 0 radical (unpaired) electrons. The van der Waals surface area contributed by atoms with Crippen LogP contribution in [0.5, 0.6) is 0 Å². The van der Waals surface area contributed by atoms with Gasteiger partial charge in [-0.15, -0.1) is 0 Å². The number of carbonyl (C=O) groups excluding carboxylic acids is 3. The smallest absolute Gasteiger partial charge is 0.264 e. The minimum Gasteiger partial charge on any atom is -0.323 e. The van der Waals surface area contributed by atoms with Gasteiger partial charge in [0.1, 0.15) is 6.04 Å². The third-order valence-electron chi connectivity index (χ3n) is 6.13. The molecule has 0 saturated carbocycles. The molecule has 2 atom stereocenters. The summed E-state index contributed by atoms with van der Waals surface area (Å²) in [4.78, 5) is 39.9. The van der Waals surface area contributed by atoms with Crippen LogP contribution < -0.4 is 11.1 Å². The number of hydrogen-bond acceptors (Lipinski definition) is 5. The molecule has 4 rings (SSSR count). The minimum atomic E-state index is -2.87. The molecule has 3 aliphatic rings. The number of rotatable bonds is 3. The highest BCUT2D eigenvalue weighted by atomic mass is 19.3. The van der Waals surface area contributed by atoms with E-state index in [1.54, 1.807) is 12.1 Å². The lowest BCUT2D eigenvalue weighted by atomic mass is 10.0. The van der Waals surface area contributed by atoms with Crippen LogP contribution in [0.2, 0.25) is 0 Å². The lowest BCUT2D eigenvalue weighted by Crippen LogP contribution is -2.52. The molecule has 2 saturated heterocycles. The van der Waals surface area contributed by atoms with E-state index in [0.29, 0.717) is 25.1 Å². The maximum atomic E-state index is 13.9. The number of likely N-dealkylation sites (tertiary alicyclic amines) is 1. The fraction of sp³-hybridized carbons (Fsp3) is 0.550. The molecule has 1 aromatic rings. The maximum Gasteiger partial charge on any atom is 0.264 e. The number of imide groups is 1. The zero-order valence-corrected chi connectivity index (χ0v) is 16.0. The third kappa shape index (κ3) is 3.76. The zero-order valence-electron chi connectivity index (χ0n) is 16.0. The Morgan fingerprint density at radius 3 is 2.72 bits per heavy atom. The van der Waals surface area contributed by atoms with Gasteiger partial charge in [0.25, 0.3) is 11.8 Å². The van der Waals surface area contributed by atoms with E-state index in [4.69, 9.17) is 5.73 Å². The molecular weight excluding hydrogens is 382 g/mol. The molecule has 3 aliphatic heterocycles. The van der Waals surface area contributed by atoms with E-state index in [0.717, 1.165) is 11.1 Å². The number of halogens is 2. The summed E-state index contributed by atoms with van der Waals surface area (Å²) in [6.07, 6.45) is 0.429. The Bertz CT molecular complexity index is 860. The quantitative estimate of drug-likeness (QED) is 0.731. The van der Waals surface area contributed by atoms with Crippen molar-refractivity contribution in [1.82, 2.24) is 15.1 Å². The van der Waals surface area contributed by atoms with Gasteiger partial charge >= 0.3 is 0 Å². The summed E-state index contributed by atoms with van der Waals surface area (Å²) in [5, 5.41) is 2.29. The van der Waals surface area contributed by atoms with Gasteiger partial charge in [-0.2, -0.15) is 0 Å². The number of hydrogen-bond donors (Lipinski definition) is 2. The van der Waals surface area contributed by atoms with E-state index in [1.165, 1.54) is 4.90 Å². The summed E-state index contributed by atoms with van der Waals surface area (Å²) >= 11 is 0. The first kappa shape index (κ1) is 19.9. The van der Waals surface area contributed by atoms with Gasteiger partial charge in [-0.3, -0.25) is 24.6 Å². The topological polar surface area (TPSA) is 95.7 Å². The van der Waals surface area contributed by atoms with Crippen LogP contribution in [0, 0.1) is 0 Å². The number of amides is 3. The Morgan fingerprint density at radius 1 is 1.17 bits per heavy atom. The molecule has 0 aliphatic carbocycles. The molecule has 0 bridgehead atoms. The Hall–Kier alpha value is -2.39. The van der Waals surface area contributed by atoms with Crippen molar-refractivity contribution in [2.75, 3.05) is 13.1 Å². The van der Waals surface area contributed by atoms with Crippen molar-refractivity contribution in [3.05, 3.63) is 34.9 Å².